The van der Waals surface area contributed by atoms with Gasteiger partial charge in [-0.05, 0) is 26.8 Å². The minimum absolute atomic E-state index is 0.307. The zero-order chi connectivity index (χ0) is 19.3. The zero-order valence-corrected chi connectivity index (χ0v) is 15.0. The largest absolute Gasteiger partial charge is 0.479 e. The average molecular weight is 393 g/mol. The normalized spacial score (nSPS) is 33.5. The molecule has 2 aliphatic rings. The van der Waals surface area contributed by atoms with E-state index in [4.69, 9.17) is 14.2 Å². The van der Waals surface area contributed by atoms with Gasteiger partial charge in [-0.1, -0.05) is 6.07 Å². The molecule has 2 fully saturated rings. The molecule has 10 heteroatoms. The third-order valence-corrected chi connectivity index (χ3v) is 5.60. The molecule has 5 atom stereocenters. The molecule has 0 amide bonds. The number of carboxylic acids is 1. The SMILES string of the molecule is C[C@H]1O[C@H](C(=O)O)[C@H](Oc2cccc(C(F)(F)F)n2)[C@H]2SC(C)(C)O[C@H]21. The zero-order valence-electron chi connectivity index (χ0n) is 14.2. The molecular formula is C16H18F3NO5S. The smallest absolute Gasteiger partial charge is 0.433 e. The Balaban J connectivity index is 1.91. The van der Waals surface area contributed by atoms with Gasteiger partial charge in [0.05, 0.1) is 11.4 Å². The molecule has 2 saturated heterocycles. The van der Waals surface area contributed by atoms with Crippen molar-refractivity contribution >= 4 is 17.7 Å². The van der Waals surface area contributed by atoms with Crippen LogP contribution in [-0.4, -0.2) is 50.7 Å². The molecule has 0 unspecified atom stereocenters. The van der Waals surface area contributed by atoms with Gasteiger partial charge in [-0.25, -0.2) is 9.78 Å². The second kappa shape index (κ2) is 6.58. The monoisotopic (exact) mass is 393 g/mol. The molecular weight excluding hydrogens is 375 g/mol. The number of hydrogen-bond acceptors (Lipinski definition) is 6. The van der Waals surface area contributed by atoms with Crippen molar-refractivity contribution in [1.82, 2.24) is 4.98 Å². The van der Waals surface area contributed by atoms with E-state index in [0.717, 1.165) is 12.1 Å². The van der Waals surface area contributed by atoms with E-state index in [2.05, 4.69) is 4.98 Å². The predicted octanol–water partition coefficient (Wildman–Crippen LogP) is 2.96. The number of hydrogen-bond donors (Lipinski definition) is 1. The fraction of sp³-hybridized carbons (Fsp3) is 0.625. The van der Waals surface area contributed by atoms with Crippen LogP contribution in [0.25, 0.3) is 0 Å². The van der Waals surface area contributed by atoms with Gasteiger partial charge in [-0.2, -0.15) is 13.2 Å². The van der Waals surface area contributed by atoms with Crippen LogP contribution in [0.2, 0.25) is 0 Å². The minimum Gasteiger partial charge on any atom is -0.479 e. The fourth-order valence-electron chi connectivity index (χ4n) is 3.10. The van der Waals surface area contributed by atoms with Gasteiger partial charge < -0.3 is 19.3 Å². The van der Waals surface area contributed by atoms with Crippen LogP contribution in [0.5, 0.6) is 5.88 Å². The lowest BCUT2D eigenvalue weighted by atomic mass is 9.97. The molecule has 3 heterocycles. The van der Waals surface area contributed by atoms with Crippen LogP contribution in [0.4, 0.5) is 13.2 Å². The Labute approximate surface area is 152 Å². The number of pyridine rings is 1. The fourth-order valence-corrected chi connectivity index (χ4v) is 4.66. The second-order valence-corrected chi connectivity index (χ2v) is 8.37. The summed E-state index contributed by atoms with van der Waals surface area (Å²) in [4.78, 5) is 14.5. The summed E-state index contributed by atoms with van der Waals surface area (Å²) in [6.45, 7) is 5.37. The van der Waals surface area contributed by atoms with Gasteiger partial charge in [-0.15, -0.1) is 11.8 Å². The van der Waals surface area contributed by atoms with Crippen molar-refractivity contribution in [3.63, 3.8) is 0 Å². The van der Waals surface area contributed by atoms with E-state index >= 15 is 0 Å². The standard InChI is InChI=1S/C16H18F3NO5S/c1-7-10-13(26-15(2,3)25-10)11(12(23-7)14(21)22)24-9-6-4-5-8(20-9)16(17,18)19/h4-7,10-13H,1-3H3,(H,21,22)/t7-,10+,11+,12+,13+/m1/s1. The molecule has 0 bridgehead atoms. The molecule has 144 valence electrons. The Morgan fingerprint density at radius 3 is 2.69 bits per heavy atom. The summed E-state index contributed by atoms with van der Waals surface area (Å²) in [5.74, 6) is -1.56. The first-order valence-electron chi connectivity index (χ1n) is 7.93. The first kappa shape index (κ1) is 19.2. The molecule has 0 radical (unpaired) electrons. The van der Waals surface area contributed by atoms with Gasteiger partial charge in [0, 0.05) is 6.07 Å². The molecule has 0 aliphatic carbocycles. The highest BCUT2D eigenvalue weighted by molar-refractivity contribution is 8.01. The third kappa shape index (κ3) is 3.77. The van der Waals surface area contributed by atoms with Crippen molar-refractivity contribution in [1.29, 1.82) is 0 Å². The minimum atomic E-state index is -4.63. The van der Waals surface area contributed by atoms with Crippen molar-refractivity contribution in [2.75, 3.05) is 0 Å². The summed E-state index contributed by atoms with van der Waals surface area (Å²) >= 11 is 1.37. The molecule has 3 rings (SSSR count). The Kier molecular flexibility index (Phi) is 4.87. The van der Waals surface area contributed by atoms with Crippen LogP contribution in [0.3, 0.4) is 0 Å². The lowest BCUT2D eigenvalue weighted by Crippen LogP contribution is -2.58. The summed E-state index contributed by atoms with van der Waals surface area (Å²) < 4.78 is 55.6. The number of rotatable bonds is 3. The summed E-state index contributed by atoms with van der Waals surface area (Å²) in [7, 11) is 0. The van der Waals surface area contributed by atoms with Crippen molar-refractivity contribution in [3.8, 4) is 5.88 Å². The van der Waals surface area contributed by atoms with Gasteiger partial charge in [0.25, 0.3) is 0 Å². The summed E-state index contributed by atoms with van der Waals surface area (Å²) in [5, 5.41) is 9.06. The highest BCUT2D eigenvalue weighted by atomic mass is 32.2. The lowest BCUT2D eigenvalue weighted by Gasteiger charge is -2.39. The van der Waals surface area contributed by atoms with Crippen LogP contribution >= 0.6 is 11.8 Å². The van der Waals surface area contributed by atoms with E-state index in [-0.39, 0.29) is 5.88 Å². The number of aromatic nitrogens is 1. The number of carbonyl (C=O) groups is 1. The van der Waals surface area contributed by atoms with Crippen molar-refractivity contribution in [3.05, 3.63) is 23.9 Å². The Bertz CT molecular complexity index is 699. The second-order valence-electron chi connectivity index (χ2n) is 6.61. The maximum Gasteiger partial charge on any atom is 0.433 e. The molecule has 1 aromatic heterocycles. The maximum atomic E-state index is 12.9. The number of thioether (sulfide) groups is 1. The van der Waals surface area contributed by atoms with E-state index in [1.165, 1.54) is 17.8 Å². The number of nitrogens with zero attached hydrogens (tertiary/aromatic N) is 1. The Morgan fingerprint density at radius 2 is 2.08 bits per heavy atom. The van der Waals surface area contributed by atoms with Gasteiger partial charge in [0.15, 0.2) is 12.2 Å². The van der Waals surface area contributed by atoms with Crippen LogP contribution < -0.4 is 4.74 Å². The molecule has 2 aliphatic heterocycles. The number of alkyl halides is 3. The summed E-state index contributed by atoms with van der Waals surface area (Å²) in [6.07, 6.45) is -7.95. The van der Waals surface area contributed by atoms with E-state index < -0.39 is 52.4 Å². The first-order valence-corrected chi connectivity index (χ1v) is 8.81. The van der Waals surface area contributed by atoms with Crippen molar-refractivity contribution in [2.45, 2.75) is 61.5 Å². The van der Waals surface area contributed by atoms with Crippen molar-refractivity contribution < 1.29 is 37.3 Å². The van der Waals surface area contributed by atoms with E-state index in [0.29, 0.717) is 0 Å². The van der Waals surface area contributed by atoms with Crippen LogP contribution in [-0.2, 0) is 20.4 Å². The molecule has 6 nitrogen and oxygen atoms in total. The average Bonchev–Trinajstić information content (AvgIpc) is 2.85. The number of halogens is 3. The van der Waals surface area contributed by atoms with Gasteiger partial charge in [-0.3, -0.25) is 0 Å². The van der Waals surface area contributed by atoms with Gasteiger partial charge in [0.1, 0.15) is 16.7 Å². The van der Waals surface area contributed by atoms with Crippen LogP contribution in [0.1, 0.15) is 26.5 Å². The maximum absolute atomic E-state index is 12.9. The predicted molar refractivity (Wildman–Crippen MR) is 86.0 cm³/mol. The molecule has 0 spiro atoms. The van der Waals surface area contributed by atoms with Gasteiger partial charge in [0.2, 0.25) is 5.88 Å². The molecule has 1 aromatic rings. The van der Waals surface area contributed by atoms with E-state index in [9.17, 15) is 23.1 Å². The molecule has 0 saturated carbocycles. The van der Waals surface area contributed by atoms with Crippen molar-refractivity contribution in [2.24, 2.45) is 0 Å². The lowest BCUT2D eigenvalue weighted by molar-refractivity contribution is -0.192. The quantitative estimate of drug-likeness (QED) is 0.846. The topological polar surface area (TPSA) is 77.9 Å². The molecule has 1 N–H and O–H groups in total. The van der Waals surface area contributed by atoms with E-state index in [1.54, 1.807) is 6.92 Å². The number of aliphatic carboxylic acids is 1. The number of fused-ring (bicyclic) bond motifs is 1. The highest BCUT2D eigenvalue weighted by Gasteiger charge is 2.56. The summed E-state index contributed by atoms with van der Waals surface area (Å²) in [6, 6.07) is 3.24. The van der Waals surface area contributed by atoms with Crippen LogP contribution in [0, 0.1) is 0 Å². The Hall–Kier alpha value is -1.52. The molecule has 26 heavy (non-hydrogen) atoms. The Morgan fingerprint density at radius 1 is 1.38 bits per heavy atom. The van der Waals surface area contributed by atoms with E-state index in [1.807, 2.05) is 13.8 Å². The van der Waals surface area contributed by atoms with Crippen LogP contribution in [0.15, 0.2) is 18.2 Å². The highest BCUT2D eigenvalue weighted by Crippen LogP contribution is 2.48. The molecule has 0 aromatic carbocycles. The van der Waals surface area contributed by atoms with Gasteiger partial charge >= 0.3 is 12.1 Å². The first-order chi connectivity index (χ1) is 12.0. The third-order valence-electron chi connectivity index (χ3n) is 4.12. The summed E-state index contributed by atoms with van der Waals surface area (Å²) in [5.41, 5.74) is -1.11. The number of ether oxygens (including phenoxy) is 3. The number of carboxylic acid groups (broad SMARTS) is 1.